The molecule has 3 aromatic carbocycles. The predicted molar refractivity (Wildman–Crippen MR) is 148 cm³/mol. The van der Waals surface area contributed by atoms with E-state index in [2.05, 4.69) is 68.6 Å². The maximum Gasteiger partial charge on any atom is 0.149 e. The molecule has 0 amide bonds. The van der Waals surface area contributed by atoms with Crippen LogP contribution in [0.5, 0.6) is 5.75 Å². The molecule has 0 aliphatic heterocycles. The van der Waals surface area contributed by atoms with Crippen LogP contribution in [0.4, 0.5) is 0 Å². The van der Waals surface area contributed by atoms with Gasteiger partial charge in [-0.3, -0.25) is 0 Å². The molecule has 36 heavy (non-hydrogen) atoms. The SMILES string of the molecule is Cc1ccc2nc(/C(C#N)=C\c3cc(C)n(-c4ccc(OCc5ccc(Br)cc5)cc4)c3C)[nH]c2c1. The summed E-state index contributed by atoms with van der Waals surface area (Å²) in [6.45, 7) is 6.69. The van der Waals surface area contributed by atoms with Gasteiger partial charge in [0.25, 0.3) is 0 Å². The normalized spacial score (nSPS) is 11.6. The van der Waals surface area contributed by atoms with E-state index < -0.39 is 0 Å². The van der Waals surface area contributed by atoms with Crippen molar-refractivity contribution in [3.63, 3.8) is 0 Å². The largest absolute Gasteiger partial charge is 0.489 e. The first-order chi connectivity index (χ1) is 17.4. The third-order valence-electron chi connectivity index (χ3n) is 6.20. The Bertz CT molecular complexity index is 1620. The number of ether oxygens (including phenoxy) is 1. The third-order valence-corrected chi connectivity index (χ3v) is 6.73. The van der Waals surface area contributed by atoms with Gasteiger partial charge in [-0.05, 0) is 98.1 Å². The van der Waals surface area contributed by atoms with E-state index in [-0.39, 0.29) is 0 Å². The smallest absolute Gasteiger partial charge is 0.149 e. The lowest BCUT2D eigenvalue weighted by molar-refractivity contribution is 0.306. The standard InChI is InChI=1S/C30H25BrN4O/c1-19-4-13-28-29(14-19)34-30(33-28)24(17-32)16-23-15-20(2)35(21(23)3)26-9-11-27(12-10-26)36-18-22-5-7-25(31)8-6-22/h4-16H,18H2,1-3H3,(H,33,34)/b24-16-. The molecule has 0 atom stereocenters. The number of H-pyrrole nitrogens is 1. The topological polar surface area (TPSA) is 66.6 Å². The summed E-state index contributed by atoms with van der Waals surface area (Å²) in [5, 5.41) is 9.88. The van der Waals surface area contributed by atoms with Crippen molar-refractivity contribution in [2.75, 3.05) is 0 Å². The van der Waals surface area contributed by atoms with Crippen LogP contribution in [0.15, 0.2) is 77.3 Å². The Morgan fingerprint density at radius 1 is 1.03 bits per heavy atom. The highest BCUT2D eigenvalue weighted by Gasteiger charge is 2.13. The Balaban J connectivity index is 1.39. The van der Waals surface area contributed by atoms with E-state index in [0.717, 1.165) is 55.0 Å². The molecular weight excluding hydrogens is 512 g/mol. The van der Waals surface area contributed by atoms with Crippen molar-refractivity contribution >= 4 is 38.6 Å². The van der Waals surface area contributed by atoms with Crippen LogP contribution in [0.3, 0.4) is 0 Å². The van der Waals surface area contributed by atoms with Crippen LogP contribution >= 0.6 is 15.9 Å². The zero-order valence-corrected chi connectivity index (χ0v) is 21.9. The molecule has 6 heteroatoms. The van der Waals surface area contributed by atoms with Gasteiger partial charge in [-0.2, -0.15) is 5.26 Å². The number of halogens is 1. The number of aromatic amines is 1. The Labute approximate surface area is 218 Å². The summed E-state index contributed by atoms with van der Waals surface area (Å²) in [6.07, 6.45) is 1.90. The zero-order chi connectivity index (χ0) is 25.2. The Morgan fingerprint density at radius 2 is 1.78 bits per heavy atom. The molecule has 0 fully saturated rings. The molecule has 0 aliphatic rings. The van der Waals surface area contributed by atoms with Crippen LogP contribution in [0.2, 0.25) is 0 Å². The number of aryl methyl sites for hydroxylation is 2. The number of nitrogens with zero attached hydrogens (tertiary/aromatic N) is 3. The molecule has 0 radical (unpaired) electrons. The van der Waals surface area contributed by atoms with Gasteiger partial charge in [0.2, 0.25) is 0 Å². The highest BCUT2D eigenvalue weighted by Crippen LogP contribution is 2.27. The predicted octanol–water partition coefficient (Wildman–Crippen LogP) is 7.68. The van der Waals surface area contributed by atoms with Crippen LogP contribution in [0.1, 0.15) is 33.9 Å². The number of fused-ring (bicyclic) bond motifs is 1. The maximum atomic E-state index is 9.88. The van der Waals surface area contributed by atoms with Crippen molar-refractivity contribution in [3.05, 3.63) is 111 Å². The Morgan fingerprint density at radius 3 is 2.50 bits per heavy atom. The van der Waals surface area contributed by atoms with Gasteiger partial charge in [0.1, 0.15) is 24.3 Å². The van der Waals surface area contributed by atoms with Crippen LogP contribution in [-0.2, 0) is 6.61 Å². The van der Waals surface area contributed by atoms with Crippen LogP contribution in [0, 0.1) is 32.1 Å². The first-order valence-electron chi connectivity index (χ1n) is 11.7. The summed E-state index contributed by atoms with van der Waals surface area (Å²) in [5.74, 6) is 1.39. The second kappa shape index (κ2) is 9.88. The second-order valence-electron chi connectivity index (χ2n) is 8.85. The molecule has 178 valence electrons. The molecule has 1 N–H and O–H groups in total. The van der Waals surface area contributed by atoms with Crippen molar-refractivity contribution in [1.29, 1.82) is 5.26 Å². The molecule has 0 aliphatic carbocycles. The number of benzene rings is 3. The summed E-state index contributed by atoms with van der Waals surface area (Å²) in [4.78, 5) is 7.91. The lowest BCUT2D eigenvalue weighted by Crippen LogP contribution is -2.00. The summed E-state index contributed by atoms with van der Waals surface area (Å²) in [7, 11) is 0. The van der Waals surface area contributed by atoms with Gasteiger partial charge in [0.05, 0.1) is 16.6 Å². The Hall–Kier alpha value is -4.08. The monoisotopic (exact) mass is 536 g/mol. The number of aromatic nitrogens is 3. The fourth-order valence-corrected chi connectivity index (χ4v) is 4.59. The quantitative estimate of drug-likeness (QED) is 0.226. The number of hydrogen-bond acceptors (Lipinski definition) is 3. The molecule has 0 bridgehead atoms. The molecule has 2 heterocycles. The van der Waals surface area contributed by atoms with Gasteiger partial charge in [-0.1, -0.05) is 34.1 Å². The third kappa shape index (κ3) is 4.84. The first-order valence-corrected chi connectivity index (χ1v) is 12.5. The van der Waals surface area contributed by atoms with Crippen molar-refractivity contribution in [1.82, 2.24) is 14.5 Å². The van der Waals surface area contributed by atoms with Gasteiger partial charge >= 0.3 is 0 Å². The number of nitrogens with one attached hydrogen (secondary N) is 1. The fourth-order valence-electron chi connectivity index (χ4n) is 4.33. The van der Waals surface area contributed by atoms with Gasteiger partial charge in [-0.25, -0.2) is 4.98 Å². The number of imidazole rings is 1. The van der Waals surface area contributed by atoms with Gasteiger partial charge < -0.3 is 14.3 Å². The number of allylic oxidation sites excluding steroid dienone is 1. The van der Waals surface area contributed by atoms with E-state index >= 15 is 0 Å². The van der Waals surface area contributed by atoms with Crippen molar-refractivity contribution in [2.24, 2.45) is 0 Å². The first kappa shape index (κ1) is 23.7. The van der Waals surface area contributed by atoms with Crippen LogP contribution in [0.25, 0.3) is 28.4 Å². The second-order valence-corrected chi connectivity index (χ2v) is 9.76. The molecule has 2 aromatic heterocycles. The van der Waals surface area contributed by atoms with E-state index in [4.69, 9.17) is 4.74 Å². The summed E-state index contributed by atoms with van der Waals surface area (Å²) in [6, 6.07) is 26.6. The van der Waals surface area contributed by atoms with Crippen molar-refractivity contribution in [2.45, 2.75) is 27.4 Å². The summed E-state index contributed by atoms with van der Waals surface area (Å²) < 4.78 is 9.19. The van der Waals surface area contributed by atoms with E-state index in [0.29, 0.717) is 18.0 Å². The van der Waals surface area contributed by atoms with Crippen molar-refractivity contribution < 1.29 is 4.74 Å². The minimum atomic E-state index is 0.501. The molecule has 0 saturated carbocycles. The molecule has 5 rings (SSSR count). The van der Waals surface area contributed by atoms with Crippen LogP contribution in [-0.4, -0.2) is 14.5 Å². The minimum absolute atomic E-state index is 0.501. The lowest BCUT2D eigenvalue weighted by Gasteiger charge is -2.11. The van der Waals surface area contributed by atoms with Gasteiger partial charge in [0.15, 0.2) is 0 Å². The van der Waals surface area contributed by atoms with Gasteiger partial charge in [-0.15, -0.1) is 0 Å². The van der Waals surface area contributed by atoms with E-state index in [9.17, 15) is 5.26 Å². The van der Waals surface area contributed by atoms with E-state index in [1.807, 2.05) is 67.6 Å². The lowest BCUT2D eigenvalue weighted by atomic mass is 10.1. The average Bonchev–Trinajstić information content (AvgIpc) is 3.41. The fraction of sp³-hybridized carbons (Fsp3) is 0.133. The average molecular weight is 537 g/mol. The zero-order valence-electron chi connectivity index (χ0n) is 20.3. The maximum absolute atomic E-state index is 9.88. The molecular formula is C30H25BrN4O. The molecule has 0 spiro atoms. The van der Waals surface area contributed by atoms with Crippen molar-refractivity contribution in [3.8, 4) is 17.5 Å². The molecule has 5 nitrogen and oxygen atoms in total. The highest BCUT2D eigenvalue weighted by atomic mass is 79.9. The highest BCUT2D eigenvalue weighted by molar-refractivity contribution is 9.10. The van der Waals surface area contributed by atoms with E-state index in [1.165, 1.54) is 0 Å². The molecule has 5 aromatic rings. The van der Waals surface area contributed by atoms with Gasteiger partial charge in [0, 0.05) is 21.5 Å². The molecule has 0 unspecified atom stereocenters. The number of nitriles is 1. The summed E-state index contributed by atoms with van der Waals surface area (Å²) in [5.41, 5.74) is 8.70. The van der Waals surface area contributed by atoms with Crippen LogP contribution < -0.4 is 4.74 Å². The molecule has 0 saturated heterocycles. The minimum Gasteiger partial charge on any atom is -0.489 e. The number of hydrogen-bond donors (Lipinski definition) is 1. The van der Waals surface area contributed by atoms with E-state index in [1.54, 1.807) is 0 Å². The summed E-state index contributed by atoms with van der Waals surface area (Å²) >= 11 is 3.46. The Kier molecular flexibility index (Phi) is 6.49. The number of rotatable bonds is 6.